The molecule has 61 heavy (non-hydrogen) atoms. The topological polar surface area (TPSA) is 337 Å². The van der Waals surface area contributed by atoms with E-state index in [2.05, 4.69) is 4.74 Å². The molecular formula is C40H45O21+. The van der Waals surface area contributed by atoms with E-state index in [1.807, 2.05) is 0 Å². The number of phenolic OH excluding ortho intramolecular Hbond substituents is 3. The van der Waals surface area contributed by atoms with E-state index >= 15 is 0 Å². The maximum atomic E-state index is 12.4. The number of aliphatic hydroxyl groups excluding tert-OH is 8. The van der Waals surface area contributed by atoms with E-state index in [0.717, 1.165) is 24.3 Å². The molecule has 0 radical (unpaired) electrons. The molecule has 0 aromatic heterocycles. The third kappa shape index (κ3) is 9.33. The highest BCUT2D eigenvalue weighted by molar-refractivity contribution is 5.87. The van der Waals surface area contributed by atoms with Crippen LogP contribution in [-0.4, -0.2) is 178 Å². The van der Waals surface area contributed by atoms with Crippen LogP contribution in [0.1, 0.15) is 11.1 Å². The first-order chi connectivity index (χ1) is 29.0. The number of benzene rings is 2. The molecule has 0 spiro atoms. The Labute approximate surface area is 345 Å². The third-order valence-corrected chi connectivity index (χ3v) is 10.4. The lowest BCUT2D eigenvalue weighted by atomic mass is 9.96. The Balaban J connectivity index is 1.13. The van der Waals surface area contributed by atoms with Gasteiger partial charge in [-0.25, -0.2) is 4.79 Å². The number of ether oxygens (including phenoxy) is 8. The quantitative estimate of drug-likeness (QED) is 0.0460. The van der Waals surface area contributed by atoms with E-state index in [4.69, 9.17) is 33.2 Å². The van der Waals surface area contributed by atoms with E-state index < -0.39 is 123 Å². The molecule has 0 amide bonds. The summed E-state index contributed by atoms with van der Waals surface area (Å²) in [7, 11) is 0. The number of hydrogen-bond acceptors (Lipinski definition) is 20. The SMILES string of the molecule is O=C(C=Cc1ccc(O)cc1)OCC1(O)COC(OC2C(OC3=C(c4ccc(O)c(O)c4)[OH+]C4C=C(O)C=C(OC5OC(CO)C(O)C(O)C5O)C4=C3)OCC(O)C2O)C1O. The van der Waals surface area contributed by atoms with Crippen molar-refractivity contribution in [3.05, 3.63) is 101 Å². The minimum absolute atomic E-state index is 0.0267. The Morgan fingerprint density at radius 2 is 1.61 bits per heavy atom. The zero-order chi connectivity index (χ0) is 43.7. The predicted octanol–water partition coefficient (Wildman–Crippen LogP) is -2.35. The number of allylic oxidation sites excluding steroid dienone is 2. The van der Waals surface area contributed by atoms with Gasteiger partial charge in [0.15, 0.2) is 29.5 Å². The van der Waals surface area contributed by atoms with Gasteiger partial charge in [-0.1, -0.05) is 12.1 Å². The molecule has 330 valence electrons. The van der Waals surface area contributed by atoms with Crippen LogP contribution >= 0.6 is 0 Å². The lowest BCUT2D eigenvalue weighted by Gasteiger charge is -2.41. The van der Waals surface area contributed by atoms with E-state index in [9.17, 15) is 66.1 Å². The molecule has 7 rings (SSSR count). The molecule has 2 aromatic rings. The first-order valence-corrected chi connectivity index (χ1v) is 18.8. The summed E-state index contributed by atoms with van der Waals surface area (Å²) in [6.07, 6.45) is -13.5. The van der Waals surface area contributed by atoms with Crippen molar-refractivity contribution in [3.63, 3.8) is 0 Å². The van der Waals surface area contributed by atoms with Crippen LogP contribution in [0.4, 0.5) is 0 Å². The van der Waals surface area contributed by atoms with Gasteiger partial charge >= 0.3 is 11.7 Å². The van der Waals surface area contributed by atoms with Crippen molar-refractivity contribution < 1.29 is 104 Å². The minimum atomic E-state index is -2.20. The maximum absolute atomic E-state index is 12.4. The lowest BCUT2D eigenvalue weighted by molar-refractivity contribution is -0.307. The lowest BCUT2D eigenvalue weighted by Crippen LogP contribution is -2.59. The van der Waals surface area contributed by atoms with Crippen LogP contribution in [0.3, 0.4) is 0 Å². The summed E-state index contributed by atoms with van der Waals surface area (Å²) in [5, 5.41) is 126. The first kappa shape index (κ1) is 43.8. The summed E-state index contributed by atoms with van der Waals surface area (Å²) in [4.78, 5) is 12.4. The summed E-state index contributed by atoms with van der Waals surface area (Å²) in [5.41, 5.74) is -1.35. The number of hydrogen-bond donors (Lipinski definition) is 12. The molecule has 13 atom stereocenters. The van der Waals surface area contributed by atoms with Crippen molar-refractivity contribution >= 4 is 17.8 Å². The van der Waals surface area contributed by atoms with Gasteiger partial charge in [-0.05, 0) is 35.9 Å². The van der Waals surface area contributed by atoms with Crippen LogP contribution in [0.2, 0.25) is 0 Å². The molecule has 3 fully saturated rings. The Hall–Kier alpha value is -5.27. The van der Waals surface area contributed by atoms with E-state index in [-0.39, 0.29) is 39.9 Å². The molecule has 0 saturated carbocycles. The van der Waals surface area contributed by atoms with Crippen LogP contribution < -0.4 is 0 Å². The van der Waals surface area contributed by atoms with Gasteiger partial charge in [-0.15, -0.1) is 0 Å². The molecule has 5 aliphatic rings. The molecule has 3 saturated heterocycles. The predicted molar refractivity (Wildman–Crippen MR) is 201 cm³/mol. The molecule has 4 heterocycles. The molecule has 21 nitrogen and oxygen atoms in total. The monoisotopic (exact) mass is 861 g/mol. The molecule has 4 aliphatic heterocycles. The minimum Gasteiger partial charge on any atom is -0.571 e. The number of aliphatic hydroxyl groups is 11. The number of fused-ring (bicyclic) bond motifs is 1. The second-order valence-corrected chi connectivity index (χ2v) is 14.7. The fourth-order valence-corrected chi connectivity index (χ4v) is 6.89. The van der Waals surface area contributed by atoms with Crippen molar-refractivity contribution in [2.75, 3.05) is 26.4 Å². The van der Waals surface area contributed by atoms with Crippen molar-refractivity contribution in [3.8, 4) is 17.2 Å². The Morgan fingerprint density at radius 3 is 2.33 bits per heavy atom. The van der Waals surface area contributed by atoms with Gasteiger partial charge < -0.3 is 99.2 Å². The van der Waals surface area contributed by atoms with Crippen LogP contribution in [-0.2, 0) is 38.0 Å². The van der Waals surface area contributed by atoms with E-state index in [1.165, 1.54) is 36.4 Å². The number of carbonyl (C=O) groups excluding carboxylic acids is 1. The molecule has 13 unspecified atom stereocenters. The fourth-order valence-electron chi connectivity index (χ4n) is 6.89. The number of aromatic hydroxyl groups is 3. The van der Waals surface area contributed by atoms with Crippen molar-refractivity contribution in [1.29, 1.82) is 0 Å². The van der Waals surface area contributed by atoms with Gasteiger partial charge in [0.25, 0.3) is 0 Å². The average molecular weight is 862 g/mol. The molecule has 1 aliphatic carbocycles. The van der Waals surface area contributed by atoms with E-state index in [0.29, 0.717) is 5.56 Å². The average Bonchev–Trinajstić information content (AvgIpc) is 3.52. The first-order valence-electron chi connectivity index (χ1n) is 18.8. The summed E-state index contributed by atoms with van der Waals surface area (Å²) in [5.74, 6) is -2.63. The third-order valence-electron chi connectivity index (χ3n) is 10.4. The highest BCUT2D eigenvalue weighted by Gasteiger charge is 2.54. The number of esters is 1. The zero-order valence-electron chi connectivity index (χ0n) is 31.8. The Kier molecular flexibility index (Phi) is 12.9. The van der Waals surface area contributed by atoms with Gasteiger partial charge in [0.05, 0.1) is 37.0 Å². The highest BCUT2D eigenvalue weighted by Crippen LogP contribution is 2.40. The maximum Gasteiger partial charge on any atom is 0.330 e. The van der Waals surface area contributed by atoms with Crippen LogP contribution in [0, 0.1) is 0 Å². The largest absolute Gasteiger partial charge is 0.571 e. The molecule has 13 N–H and O–H groups in total. The van der Waals surface area contributed by atoms with E-state index in [1.54, 1.807) is 12.1 Å². The summed E-state index contributed by atoms with van der Waals surface area (Å²) < 4.78 is 44.6. The molecule has 0 bridgehead atoms. The van der Waals surface area contributed by atoms with Gasteiger partial charge in [-0.3, -0.25) is 0 Å². The highest BCUT2D eigenvalue weighted by atomic mass is 16.8. The van der Waals surface area contributed by atoms with Crippen LogP contribution in [0.25, 0.3) is 11.8 Å². The Bertz CT molecular complexity index is 2080. The van der Waals surface area contributed by atoms with Gasteiger partial charge in [0, 0.05) is 24.3 Å². The summed E-state index contributed by atoms with van der Waals surface area (Å²) in [6.45, 7) is -2.61. The standard InChI is InChI=1S/C40H44O21/c41-13-28-31(49)32(50)33(51)37(60-28)58-26-11-20(43)10-25-21(26)12-27(34(57-25)18-4-7-22(44)23(45)9-18)59-38-35(30(48)24(46)14-54-38)61-39-36(52)40(53,16-56-39)15-55-29(47)8-3-17-1-5-19(42)6-2-17/h1-12,24-25,28,30-33,35-39,41-46,48-53H,13-16H2/p+1. The normalized spacial score (nSPS) is 35.1. The van der Waals surface area contributed by atoms with Crippen molar-refractivity contribution in [1.82, 2.24) is 0 Å². The zero-order valence-corrected chi connectivity index (χ0v) is 31.8. The van der Waals surface area contributed by atoms with Crippen molar-refractivity contribution in [2.24, 2.45) is 0 Å². The van der Waals surface area contributed by atoms with Crippen molar-refractivity contribution in [2.45, 2.75) is 79.4 Å². The molecule has 21 heteroatoms. The molecule has 2 aromatic carbocycles. The second-order valence-electron chi connectivity index (χ2n) is 14.7. The van der Waals surface area contributed by atoms with Crippen LogP contribution in [0.15, 0.2) is 89.6 Å². The van der Waals surface area contributed by atoms with Gasteiger partial charge in [0.1, 0.15) is 66.6 Å². The number of carbonyl (C=O) groups is 1. The number of phenols is 3. The van der Waals surface area contributed by atoms with Crippen LogP contribution in [0.5, 0.6) is 17.2 Å². The number of rotatable bonds is 12. The fraction of sp³-hybridized carbons (Fsp3) is 0.425. The van der Waals surface area contributed by atoms with Gasteiger partial charge in [-0.2, -0.15) is 0 Å². The molecular weight excluding hydrogens is 816 g/mol. The Morgan fingerprint density at radius 1 is 0.852 bits per heavy atom. The summed E-state index contributed by atoms with van der Waals surface area (Å²) >= 11 is 0. The smallest absolute Gasteiger partial charge is 0.330 e. The second kappa shape index (κ2) is 18.0. The summed E-state index contributed by atoms with van der Waals surface area (Å²) in [6, 6.07) is 9.60. The van der Waals surface area contributed by atoms with Gasteiger partial charge in [0.2, 0.25) is 24.4 Å².